The number of hydrogen-bond acceptors (Lipinski definition) is 3. The van der Waals surface area contributed by atoms with Crippen LogP contribution < -0.4 is 10.1 Å². The first kappa shape index (κ1) is 13.0. The molecule has 0 spiro atoms. The second-order valence-corrected chi connectivity index (χ2v) is 3.51. The lowest BCUT2D eigenvalue weighted by Crippen LogP contribution is -2.22. The molecule has 0 aliphatic heterocycles. The van der Waals surface area contributed by atoms with Gasteiger partial charge in [0, 0.05) is 19.4 Å². The Hall–Kier alpha value is -2.02. The molecule has 4 nitrogen and oxygen atoms in total. The van der Waals surface area contributed by atoms with Crippen molar-refractivity contribution >= 4 is 5.91 Å². The van der Waals surface area contributed by atoms with Crippen molar-refractivity contribution in [3.8, 4) is 11.8 Å². The fraction of sp³-hybridized carbons (Fsp3) is 0.385. The van der Waals surface area contributed by atoms with Gasteiger partial charge in [-0.05, 0) is 24.6 Å². The lowest BCUT2D eigenvalue weighted by molar-refractivity contribution is -0.121. The molecular weight excluding hydrogens is 216 g/mol. The summed E-state index contributed by atoms with van der Waals surface area (Å²) >= 11 is 0. The third-order valence-corrected chi connectivity index (χ3v) is 2.19. The first-order valence-corrected chi connectivity index (χ1v) is 5.61. The molecule has 0 saturated carbocycles. The maximum Gasteiger partial charge on any atom is 0.221 e. The summed E-state index contributed by atoms with van der Waals surface area (Å²) in [6.07, 6.45) is 0.517. The van der Waals surface area contributed by atoms with Crippen molar-refractivity contribution in [2.45, 2.75) is 26.3 Å². The Balaban J connectivity index is 2.37. The molecule has 0 aliphatic carbocycles. The summed E-state index contributed by atoms with van der Waals surface area (Å²) in [6, 6.07) is 9.52. The Morgan fingerprint density at radius 2 is 2.12 bits per heavy atom. The van der Waals surface area contributed by atoms with E-state index in [1.807, 2.05) is 37.3 Å². The van der Waals surface area contributed by atoms with Crippen molar-refractivity contribution in [3.05, 3.63) is 29.8 Å². The number of carbonyl (C=O) groups is 1. The Morgan fingerprint density at radius 3 is 2.71 bits per heavy atom. The van der Waals surface area contributed by atoms with Crippen LogP contribution >= 0.6 is 0 Å². The normalized spacial score (nSPS) is 9.41. The van der Waals surface area contributed by atoms with Crippen molar-refractivity contribution in [2.75, 3.05) is 6.61 Å². The third-order valence-electron chi connectivity index (χ3n) is 2.19. The first-order valence-electron chi connectivity index (χ1n) is 5.61. The lowest BCUT2D eigenvalue weighted by Gasteiger charge is -2.06. The highest BCUT2D eigenvalue weighted by Crippen LogP contribution is 2.11. The van der Waals surface area contributed by atoms with Gasteiger partial charge in [0.2, 0.25) is 5.91 Å². The Bertz CT molecular complexity index is 393. The molecule has 0 aliphatic rings. The van der Waals surface area contributed by atoms with Gasteiger partial charge in [0.1, 0.15) is 5.75 Å². The Kier molecular flexibility index (Phi) is 5.59. The van der Waals surface area contributed by atoms with Gasteiger partial charge >= 0.3 is 0 Å². The van der Waals surface area contributed by atoms with Crippen LogP contribution in [0, 0.1) is 11.3 Å². The topological polar surface area (TPSA) is 62.1 Å². The largest absolute Gasteiger partial charge is 0.494 e. The molecule has 0 atom stereocenters. The number of nitrogens with zero attached hydrogens (tertiary/aromatic N) is 1. The molecule has 0 radical (unpaired) electrons. The van der Waals surface area contributed by atoms with E-state index in [1.54, 1.807) is 0 Å². The molecule has 1 aromatic rings. The van der Waals surface area contributed by atoms with E-state index in [9.17, 15) is 4.79 Å². The Labute approximate surface area is 101 Å². The van der Waals surface area contributed by atoms with Crippen molar-refractivity contribution in [1.29, 1.82) is 5.26 Å². The van der Waals surface area contributed by atoms with Crippen LogP contribution in [0.5, 0.6) is 5.75 Å². The monoisotopic (exact) mass is 232 g/mol. The van der Waals surface area contributed by atoms with Gasteiger partial charge in [-0.1, -0.05) is 12.1 Å². The Morgan fingerprint density at radius 1 is 1.41 bits per heavy atom. The molecule has 4 heteroatoms. The zero-order chi connectivity index (χ0) is 12.5. The van der Waals surface area contributed by atoms with E-state index in [4.69, 9.17) is 10.00 Å². The van der Waals surface area contributed by atoms with Crippen LogP contribution in [0.25, 0.3) is 0 Å². The van der Waals surface area contributed by atoms with Crippen LogP contribution in [0.1, 0.15) is 25.3 Å². The molecule has 0 heterocycles. The average molecular weight is 232 g/mol. The molecule has 17 heavy (non-hydrogen) atoms. The van der Waals surface area contributed by atoms with Crippen molar-refractivity contribution in [1.82, 2.24) is 5.32 Å². The molecule has 0 saturated heterocycles. The lowest BCUT2D eigenvalue weighted by atomic mass is 10.2. The minimum atomic E-state index is -0.0968. The van der Waals surface area contributed by atoms with E-state index in [0.717, 1.165) is 11.3 Å². The number of carbonyl (C=O) groups excluding carboxylic acids is 1. The highest BCUT2D eigenvalue weighted by Gasteiger charge is 2.00. The van der Waals surface area contributed by atoms with Crippen LogP contribution in [-0.4, -0.2) is 12.5 Å². The number of benzene rings is 1. The smallest absolute Gasteiger partial charge is 0.221 e. The van der Waals surface area contributed by atoms with Crippen LogP contribution in [0.15, 0.2) is 24.3 Å². The fourth-order valence-corrected chi connectivity index (χ4v) is 1.33. The summed E-state index contributed by atoms with van der Waals surface area (Å²) in [7, 11) is 0. The van der Waals surface area contributed by atoms with Crippen molar-refractivity contribution in [2.24, 2.45) is 0 Å². The average Bonchev–Trinajstić information content (AvgIpc) is 2.36. The van der Waals surface area contributed by atoms with E-state index >= 15 is 0 Å². The van der Waals surface area contributed by atoms with E-state index in [-0.39, 0.29) is 18.7 Å². The summed E-state index contributed by atoms with van der Waals surface area (Å²) in [5.41, 5.74) is 1.01. The molecule has 0 fully saturated rings. The molecular formula is C13H16N2O2. The van der Waals surface area contributed by atoms with E-state index in [0.29, 0.717) is 13.2 Å². The number of amides is 1. The van der Waals surface area contributed by atoms with Gasteiger partial charge in [-0.25, -0.2) is 0 Å². The predicted octanol–water partition coefficient (Wildman–Crippen LogP) is 2.01. The summed E-state index contributed by atoms with van der Waals surface area (Å²) in [5, 5.41) is 11.1. The van der Waals surface area contributed by atoms with Crippen LogP contribution in [0.2, 0.25) is 0 Å². The van der Waals surface area contributed by atoms with E-state index < -0.39 is 0 Å². The second-order valence-electron chi connectivity index (χ2n) is 3.51. The van der Waals surface area contributed by atoms with Gasteiger partial charge in [0.15, 0.2) is 0 Å². The minimum absolute atomic E-state index is 0.0968. The number of nitrogens with one attached hydrogen (secondary N) is 1. The summed E-state index contributed by atoms with van der Waals surface area (Å²) < 4.78 is 5.32. The van der Waals surface area contributed by atoms with Crippen molar-refractivity contribution < 1.29 is 9.53 Å². The number of rotatable bonds is 6. The molecule has 1 aromatic carbocycles. The summed E-state index contributed by atoms with van der Waals surface area (Å²) in [5.74, 6) is 0.729. The molecule has 1 N–H and O–H groups in total. The highest BCUT2D eigenvalue weighted by molar-refractivity contribution is 5.76. The molecule has 0 unspecified atom stereocenters. The zero-order valence-corrected chi connectivity index (χ0v) is 9.90. The first-order chi connectivity index (χ1) is 8.26. The molecule has 90 valence electrons. The summed E-state index contributed by atoms with van der Waals surface area (Å²) in [6.45, 7) is 3.06. The number of hydrogen-bond donors (Lipinski definition) is 1. The van der Waals surface area contributed by atoms with E-state index in [2.05, 4.69) is 5.32 Å². The zero-order valence-electron chi connectivity index (χ0n) is 9.90. The van der Waals surface area contributed by atoms with Crippen LogP contribution in [-0.2, 0) is 11.3 Å². The number of ether oxygens (including phenoxy) is 1. The molecule has 0 bridgehead atoms. The van der Waals surface area contributed by atoms with Gasteiger partial charge < -0.3 is 10.1 Å². The van der Waals surface area contributed by atoms with Crippen LogP contribution in [0.4, 0.5) is 0 Å². The minimum Gasteiger partial charge on any atom is -0.494 e. The molecule has 1 rings (SSSR count). The molecule has 0 aromatic heterocycles. The maximum absolute atomic E-state index is 11.3. The fourth-order valence-electron chi connectivity index (χ4n) is 1.33. The van der Waals surface area contributed by atoms with Crippen molar-refractivity contribution in [3.63, 3.8) is 0 Å². The molecule has 1 amide bonds. The van der Waals surface area contributed by atoms with Gasteiger partial charge in [-0.2, -0.15) is 5.26 Å². The standard InChI is InChI=1S/C13H16N2O2/c1-2-17-12-7-5-11(6-8-12)10-15-13(16)4-3-9-14/h5-8H,2-4,10H2,1H3,(H,15,16). The van der Waals surface area contributed by atoms with Gasteiger partial charge in [0.25, 0.3) is 0 Å². The summed E-state index contributed by atoms with van der Waals surface area (Å²) in [4.78, 5) is 11.3. The quantitative estimate of drug-likeness (QED) is 0.816. The van der Waals surface area contributed by atoms with Gasteiger partial charge in [-0.15, -0.1) is 0 Å². The maximum atomic E-state index is 11.3. The number of nitriles is 1. The second kappa shape index (κ2) is 7.29. The van der Waals surface area contributed by atoms with E-state index in [1.165, 1.54) is 0 Å². The third kappa shape index (κ3) is 5.03. The van der Waals surface area contributed by atoms with Gasteiger partial charge in [-0.3, -0.25) is 4.79 Å². The van der Waals surface area contributed by atoms with Gasteiger partial charge in [0.05, 0.1) is 12.7 Å². The van der Waals surface area contributed by atoms with Crippen LogP contribution in [0.3, 0.4) is 0 Å². The highest BCUT2D eigenvalue weighted by atomic mass is 16.5. The predicted molar refractivity (Wildman–Crippen MR) is 64.3 cm³/mol. The SMILES string of the molecule is CCOc1ccc(CNC(=O)CCC#N)cc1.